The van der Waals surface area contributed by atoms with Crippen molar-refractivity contribution in [2.45, 2.75) is 19.6 Å². The van der Waals surface area contributed by atoms with E-state index in [1.807, 2.05) is 13.8 Å². The van der Waals surface area contributed by atoms with Crippen LogP contribution in [-0.4, -0.2) is 26.7 Å². The van der Waals surface area contributed by atoms with Gasteiger partial charge in [-0.3, -0.25) is 9.59 Å². The van der Waals surface area contributed by atoms with Crippen LogP contribution in [0.4, 0.5) is 5.69 Å². The van der Waals surface area contributed by atoms with E-state index in [2.05, 4.69) is 15.3 Å². The molecule has 1 aromatic carbocycles. The molecule has 0 aliphatic rings. The number of aryl methyl sites for hydroxylation is 2. The molecule has 8 heteroatoms. The highest BCUT2D eigenvalue weighted by Gasteiger charge is 2.12. The van der Waals surface area contributed by atoms with E-state index in [1.54, 1.807) is 12.1 Å². The lowest BCUT2D eigenvalue weighted by molar-refractivity contribution is -0.113. The van der Waals surface area contributed by atoms with Gasteiger partial charge >= 0.3 is 0 Å². The second-order valence-corrected chi connectivity index (χ2v) is 7.75. The summed E-state index contributed by atoms with van der Waals surface area (Å²) < 4.78 is 0. The van der Waals surface area contributed by atoms with Crippen LogP contribution < -0.4 is 10.9 Å². The third-order valence-electron chi connectivity index (χ3n) is 3.71. The molecule has 0 bridgehead atoms. The Labute approximate surface area is 152 Å². The zero-order valence-corrected chi connectivity index (χ0v) is 15.4. The van der Waals surface area contributed by atoms with E-state index in [9.17, 15) is 14.7 Å². The van der Waals surface area contributed by atoms with E-state index in [1.165, 1.54) is 35.2 Å². The molecule has 0 aliphatic heterocycles. The monoisotopic (exact) mass is 375 g/mol. The number of aromatic amines is 1. The molecule has 25 heavy (non-hydrogen) atoms. The molecule has 6 nitrogen and oxygen atoms in total. The van der Waals surface area contributed by atoms with Crippen LogP contribution >= 0.6 is 23.1 Å². The molecule has 0 radical (unpaired) electrons. The molecule has 0 saturated heterocycles. The van der Waals surface area contributed by atoms with Crippen molar-refractivity contribution < 1.29 is 9.90 Å². The summed E-state index contributed by atoms with van der Waals surface area (Å²) in [6.07, 6.45) is 0. The summed E-state index contributed by atoms with van der Waals surface area (Å²) in [5.74, 6) is 1.26. The number of H-pyrrole nitrogens is 1. The zero-order valence-electron chi connectivity index (χ0n) is 13.8. The third kappa shape index (κ3) is 4.02. The van der Waals surface area contributed by atoms with Gasteiger partial charge in [0, 0.05) is 10.6 Å². The first-order chi connectivity index (χ1) is 11.9. The molecule has 0 fully saturated rings. The molecule has 130 valence electrons. The standard InChI is InChI=1S/C17H17N3O3S2/c1-9-10(2)25-17-15(9)16(23)19-13(20-17)7-24-8-14(22)18-11-3-5-12(21)6-4-11/h3-6,21H,7-8H2,1-2H3,(H,18,22)(H,19,20,23). The lowest BCUT2D eigenvalue weighted by atomic mass is 10.2. The number of phenolic OH excluding ortho intramolecular Hbond substituents is 1. The molecule has 0 atom stereocenters. The van der Waals surface area contributed by atoms with Gasteiger partial charge in [-0.15, -0.1) is 23.1 Å². The number of phenols is 1. The minimum atomic E-state index is -0.151. The Kier molecular flexibility index (Phi) is 5.10. The molecule has 1 amide bonds. The first-order valence-corrected chi connectivity index (χ1v) is 9.56. The van der Waals surface area contributed by atoms with Crippen LogP contribution in [0.5, 0.6) is 5.75 Å². The molecule has 0 unspecified atom stereocenters. The fourth-order valence-electron chi connectivity index (χ4n) is 2.35. The highest BCUT2D eigenvalue weighted by Crippen LogP contribution is 2.26. The number of rotatable bonds is 5. The molecule has 3 rings (SSSR count). The van der Waals surface area contributed by atoms with Crippen molar-refractivity contribution >= 4 is 44.9 Å². The number of thioether (sulfide) groups is 1. The van der Waals surface area contributed by atoms with E-state index < -0.39 is 0 Å². The molecule has 2 heterocycles. The minimum Gasteiger partial charge on any atom is -0.508 e. The van der Waals surface area contributed by atoms with Crippen molar-refractivity contribution in [3.63, 3.8) is 0 Å². The summed E-state index contributed by atoms with van der Waals surface area (Å²) >= 11 is 2.89. The first kappa shape index (κ1) is 17.5. The Hall–Kier alpha value is -2.32. The Morgan fingerprint density at radius 2 is 2.04 bits per heavy atom. The first-order valence-electron chi connectivity index (χ1n) is 7.59. The maximum Gasteiger partial charge on any atom is 0.259 e. The molecular formula is C17H17N3O3S2. The number of nitrogens with zero attached hydrogens (tertiary/aromatic N) is 1. The summed E-state index contributed by atoms with van der Waals surface area (Å²) in [5.41, 5.74) is 1.47. The van der Waals surface area contributed by atoms with Crippen LogP contribution in [0.1, 0.15) is 16.3 Å². The second kappa shape index (κ2) is 7.28. The van der Waals surface area contributed by atoms with Crippen LogP contribution in [-0.2, 0) is 10.5 Å². The lowest BCUT2D eigenvalue weighted by Crippen LogP contribution is -2.15. The van der Waals surface area contributed by atoms with Gasteiger partial charge in [-0.05, 0) is 43.7 Å². The summed E-state index contributed by atoms with van der Waals surface area (Å²) in [6, 6.07) is 6.29. The van der Waals surface area contributed by atoms with Crippen molar-refractivity contribution in [1.29, 1.82) is 0 Å². The fraction of sp³-hybridized carbons (Fsp3) is 0.235. The summed E-state index contributed by atoms with van der Waals surface area (Å²) in [5, 5.41) is 12.6. The highest BCUT2D eigenvalue weighted by atomic mass is 32.2. The van der Waals surface area contributed by atoms with E-state index in [0.29, 0.717) is 22.7 Å². The molecule has 2 aromatic heterocycles. The average molecular weight is 375 g/mol. The molecule has 0 saturated carbocycles. The second-order valence-electron chi connectivity index (χ2n) is 5.56. The van der Waals surface area contributed by atoms with Gasteiger partial charge in [-0.1, -0.05) is 0 Å². The van der Waals surface area contributed by atoms with E-state index in [4.69, 9.17) is 0 Å². The van der Waals surface area contributed by atoms with Gasteiger partial charge in [0.25, 0.3) is 5.56 Å². The van der Waals surface area contributed by atoms with Crippen molar-refractivity contribution in [3.05, 3.63) is 50.9 Å². The number of aromatic nitrogens is 2. The number of thiophene rings is 1. The van der Waals surface area contributed by atoms with Crippen molar-refractivity contribution in [2.24, 2.45) is 0 Å². The summed E-state index contributed by atoms with van der Waals surface area (Å²) in [4.78, 5) is 33.2. The highest BCUT2D eigenvalue weighted by molar-refractivity contribution is 7.99. The van der Waals surface area contributed by atoms with Crippen LogP contribution in [0.2, 0.25) is 0 Å². The Morgan fingerprint density at radius 1 is 1.32 bits per heavy atom. The number of carbonyl (C=O) groups excluding carboxylic acids is 1. The van der Waals surface area contributed by atoms with Gasteiger partial charge < -0.3 is 15.4 Å². The number of nitrogens with one attached hydrogen (secondary N) is 2. The largest absolute Gasteiger partial charge is 0.508 e. The number of amides is 1. The maximum absolute atomic E-state index is 12.2. The van der Waals surface area contributed by atoms with E-state index >= 15 is 0 Å². The maximum atomic E-state index is 12.2. The zero-order chi connectivity index (χ0) is 18.0. The predicted octanol–water partition coefficient (Wildman–Crippen LogP) is 3.18. The van der Waals surface area contributed by atoms with Crippen LogP contribution in [0.25, 0.3) is 10.2 Å². The number of aromatic hydroxyl groups is 1. The molecule has 0 aliphatic carbocycles. The lowest BCUT2D eigenvalue weighted by Gasteiger charge is -2.05. The SMILES string of the molecule is Cc1sc2nc(CSCC(=O)Nc3ccc(O)cc3)[nH]c(=O)c2c1C. The van der Waals surface area contributed by atoms with Crippen LogP contribution in [0.3, 0.4) is 0 Å². The number of carbonyl (C=O) groups is 1. The molecule has 3 aromatic rings. The number of hydrogen-bond donors (Lipinski definition) is 3. The van der Waals surface area contributed by atoms with Gasteiger partial charge in [0.05, 0.1) is 16.9 Å². The summed E-state index contributed by atoms with van der Waals surface area (Å²) in [7, 11) is 0. The van der Waals surface area contributed by atoms with Crippen LogP contribution in [0, 0.1) is 13.8 Å². The van der Waals surface area contributed by atoms with Gasteiger partial charge in [0.2, 0.25) is 5.91 Å². The predicted molar refractivity (Wildman–Crippen MR) is 103 cm³/mol. The summed E-state index contributed by atoms with van der Waals surface area (Å²) in [6.45, 7) is 3.90. The minimum absolute atomic E-state index is 0.129. The third-order valence-corrected chi connectivity index (χ3v) is 5.76. The quantitative estimate of drug-likeness (QED) is 0.595. The number of fused-ring (bicyclic) bond motifs is 1. The van der Waals surface area contributed by atoms with Crippen molar-refractivity contribution in [1.82, 2.24) is 9.97 Å². The Bertz CT molecular complexity index is 977. The Balaban J connectivity index is 1.60. The average Bonchev–Trinajstić information content (AvgIpc) is 2.84. The van der Waals surface area contributed by atoms with E-state index in [-0.39, 0.29) is 23.0 Å². The number of benzene rings is 1. The van der Waals surface area contributed by atoms with Gasteiger partial charge in [0.1, 0.15) is 16.4 Å². The molecule has 0 spiro atoms. The normalized spacial score (nSPS) is 11.0. The van der Waals surface area contributed by atoms with Crippen LogP contribution in [0.15, 0.2) is 29.1 Å². The Morgan fingerprint density at radius 3 is 2.76 bits per heavy atom. The fourth-order valence-corrected chi connectivity index (χ4v) is 4.09. The molecular weight excluding hydrogens is 358 g/mol. The molecule has 3 N–H and O–H groups in total. The van der Waals surface area contributed by atoms with Gasteiger partial charge in [-0.25, -0.2) is 4.98 Å². The van der Waals surface area contributed by atoms with E-state index in [0.717, 1.165) is 15.3 Å². The number of anilines is 1. The van der Waals surface area contributed by atoms with Crippen molar-refractivity contribution in [3.8, 4) is 5.75 Å². The van der Waals surface area contributed by atoms with Gasteiger partial charge in [0.15, 0.2) is 0 Å². The van der Waals surface area contributed by atoms with Crippen molar-refractivity contribution in [2.75, 3.05) is 11.1 Å². The topological polar surface area (TPSA) is 95.1 Å². The number of hydrogen-bond acceptors (Lipinski definition) is 6. The smallest absolute Gasteiger partial charge is 0.259 e. The van der Waals surface area contributed by atoms with Gasteiger partial charge in [-0.2, -0.15) is 0 Å².